The Kier molecular flexibility index (Phi) is 3.46. The minimum atomic E-state index is -0.0305. The van der Waals surface area contributed by atoms with E-state index < -0.39 is 0 Å². The van der Waals surface area contributed by atoms with Gasteiger partial charge in [0.25, 0.3) is 6.33 Å². The van der Waals surface area contributed by atoms with E-state index in [-0.39, 0.29) is 6.03 Å². The Morgan fingerprint density at radius 3 is 2.83 bits per heavy atom. The predicted octanol–water partition coefficient (Wildman–Crippen LogP) is 1.72. The Morgan fingerprint density at radius 2 is 2.22 bits per heavy atom. The zero-order chi connectivity index (χ0) is 13.1. The molecule has 1 heterocycles. The van der Waals surface area contributed by atoms with Crippen LogP contribution in [-0.2, 0) is 13.6 Å². The number of imidazole rings is 1. The van der Waals surface area contributed by atoms with E-state index >= 15 is 0 Å². The van der Waals surface area contributed by atoms with E-state index in [4.69, 9.17) is 0 Å². The zero-order valence-electron chi connectivity index (χ0n) is 11.0. The SMILES string of the molecule is Cc1cccc(CN(C)C(=O)n2cc[n+](C)c2)c1. The van der Waals surface area contributed by atoms with Gasteiger partial charge in [-0.1, -0.05) is 29.8 Å². The average Bonchev–Trinajstić information content (AvgIpc) is 2.75. The summed E-state index contributed by atoms with van der Waals surface area (Å²) in [5.74, 6) is 0. The van der Waals surface area contributed by atoms with E-state index in [0.29, 0.717) is 6.54 Å². The molecule has 1 aromatic heterocycles. The molecule has 0 aliphatic rings. The molecule has 0 saturated heterocycles. The van der Waals surface area contributed by atoms with Gasteiger partial charge >= 0.3 is 6.03 Å². The highest BCUT2D eigenvalue weighted by atomic mass is 16.2. The van der Waals surface area contributed by atoms with Crippen molar-refractivity contribution in [3.63, 3.8) is 0 Å². The molecular weight excluding hydrogens is 226 g/mol. The van der Waals surface area contributed by atoms with Crippen LogP contribution < -0.4 is 4.57 Å². The standard InChI is InChI=1S/C14H18N3O/c1-12-5-4-6-13(9-12)10-16(3)14(18)17-8-7-15(2)11-17/h4-9,11H,10H2,1-3H3/q+1. The molecule has 0 aliphatic carbocycles. The lowest BCUT2D eigenvalue weighted by Crippen LogP contribution is -2.32. The molecule has 1 amide bonds. The average molecular weight is 244 g/mol. The molecule has 2 rings (SSSR count). The maximum absolute atomic E-state index is 12.1. The Balaban J connectivity index is 2.08. The summed E-state index contributed by atoms with van der Waals surface area (Å²) in [6.07, 6.45) is 5.36. The number of amides is 1. The Morgan fingerprint density at radius 1 is 1.44 bits per heavy atom. The first-order valence-corrected chi connectivity index (χ1v) is 5.90. The van der Waals surface area contributed by atoms with Crippen molar-refractivity contribution in [2.24, 2.45) is 7.05 Å². The van der Waals surface area contributed by atoms with Crippen LogP contribution in [0.4, 0.5) is 4.79 Å². The van der Waals surface area contributed by atoms with Crippen LogP contribution in [0.3, 0.4) is 0 Å². The van der Waals surface area contributed by atoms with Crippen LogP contribution in [0.15, 0.2) is 43.0 Å². The highest BCUT2D eigenvalue weighted by Crippen LogP contribution is 2.07. The quantitative estimate of drug-likeness (QED) is 0.740. The molecule has 0 fully saturated rings. The van der Waals surface area contributed by atoms with Crippen molar-refractivity contribution in [3.8, 4) is 0 Å². The molecule has 0 N–H and O–H groups in total. The molecule has 0 spiro atoms. The van der Waals surface area contributed by atoms with Gasteiger partial charge in [0.1, 0.15) is 12.4 Å². The molecule has 4 nitrogen and oxygen atoms in total. The lowest BCUT2D eigenvalue weighted by Gasteiger charge is -2.14. The first-order chi connectivity index (χ1) is 8.56. The summed E-state index contributed by atoms with van der Waals surface area (Å²) in [4.78, 5) is 13.8. The third-order valence-corrected chi connectivity index (χ3v) is 2.82. The van der Waals surface area contributed by atoms with Gasteiger partial charge in [0.15, 0.2) is 0 Å². The van der Waals surface area contributed by atoms with Crippen molar-refractivity contribution in [1.82, 2.24) is 9.47 Å². The van der Waals surface area contributed by atoms with Gasteiger partial charge in [0.05, 0.1) is 7.05 Å². The first kappa shape index (κ1) is 12.4. The number of aryl methyl sites for hydroxylation is 2. The van der Waals surface area contributed by atoms with Crippen molar-refractivity contribution in [2.75, 3.05) is 7.05 Å². The third-order valence-electron chi connectivity index (χ3n) is 2.82. The summed E-state index contributed by atoms with van der Waals surface area (Å²) in [7, 11) is 3.70. The third kappa shape index (κ3) is 2.77. The van der Waals surface area contributed by atoms with Crippen LogP contribution in [0.25, 0.3) is 0 Å². The highest BCUT2D eigenvalue weighted by Gasteiger charge is 2.16. The van der Waals surface area contributed by atoms with Crippen LogP contribution in [0.2, 0.25) is 0 Å². The molecule has 2 aromatic rings. The maximum Gasteiger partial charge on any atom is 0.415 e. The summed E-state index contributed by atoms with van der Waals surface area (Å²) in [6.45, 7) is 2.67. The summed E-state index contributed by atoms with van der Waals surface area (Å²) in [5.41, 5.74) is 2.35. The zero-order valence-corrected chi connectivity index (χ0v) is 11.0. The van der Waals surface area contributed by atoms with Crippen molar-refractivity contribution >= 4 is 6.03 Å². The number of carbonyl (C=O) groups excluding carboxylic acids is 1. The van der Waals surface area contributed by atoms with Gasteiger partial charge in [-0.2, -0.15) is 4.57 Å². The van der Waals surface area contributed by atoms with Crippen LogP contribution >= 0.6 is 0 Å². The Labute approximate surface area is 107 Å². The van der Waals surface area contributed by atoms with Gasteiger partial charge in [-0.05, 0) is 12.5 Å². The van der Waals surface area contributed by atoms with Gasteiger partial charge in [-0.25, -0.2) is 9.36 Å². The molecule has 18 heavy (non-hydrogen) atoms. The first-order valence-electron chi connectivity index (χ1n) is 5.90. The molecule has 1 aromatic carbocycles. The van der Waals surface area contributed by atoms with Crippen LogP contribution in [0.1, 0.15) is 11.1 Å². The monoisotopic (exact) mass is 244 g/mol. The fourth-order valence-corrected chi connectivity index (χ4v) is 1.91. The van der Waals surface area contributed by atoms with Crippen LogP contribution in [0.5, 0.6) is 0 Å². The van der Waals surface area contributed by atoms with Gasteiger partial charge in [0, 0.05) is 13.6 Å². The Bertz CT molecular complexity index is 560. The van der Waals surface area contributed by atoms with E-state index in [0.717, 1.165) is 5.56 Å². The molecule has 0 saturated carbocycles. The van der Waals surface area contributed by atoms with Crippen molar-refractivity contribution in [1.29, 1.82) is 0 Å². The number of rotatable bonds is 2. The second kappa shape index (κ2) is 5.04. The van der Waals surface area contributed by atoms with Gasteiger partial charge < -0.3 is 4.90 Å². The second-order valence-electron chi connectivity index (χ2n) is 4.61. The minimum absolute atomic E-state index is 0.0305. The van der Waals surface area contributed by atoms with E-state index in [1.54, 1.807) is 22.0 Å². The number of aromatic nitrogens is 2. The number of hydrogen-bond donors (Lipinski definition) is 0. The molecule has 94 valence electrons. The van der Waals surface area contributed by atoms with E-state index in [1.807, 2.05) is 37.0 Å². The van der Waals surface area contributed by atoms with Crippen LogP contribution in [-0.4, -0.2) is 22.5 Å². The van der Waals surface area contributed by atoms with Gasteiger partial charge in [-0.3, -0.25) is 0 Å². The van der Waals surface area contributed by atoms with E-state index in [9.17, 15) is 4.79 Å². The topological polar surface area (TPSA) is 29.1 Å². The fourth-order valence-electron chi connectivity index (χ4n) is 1.91. The molecule has 0 atom stereocenters. The maximum atomic E-state index is 12.1. The molecule has 0 aliphatic heterocycles. The van der Waals surface area contributed by atoms with Gasteiger partial charge in [0.2, 0.25) is 0 Å². The largest absolute Gasteiger partial charge is 0.415 e. The van der Waals surface area contributed by atoms with Crippen molar-refractivity contribution in [3.05, 3.63) is 54.1 Å². The predicted molar refractivity (Wildman–Crippen MR) is 69.0 cm³/mol. The minimum Gasteiger partial charge on any atom is -0.303 e. The lowest BCUT2D eigenvalue weighted by molar-refractivity contribution is -0.670. The number of benzene rings is 1. The second-order valence-corrected chi connectivity index (χ2v) is 4.61. The van der Waals surface area contributed by atoms with E-state index in [2.05, 4.69) is 19.1 Å². The summed E-state index contributed by atoms with van der Waals surface area (Å²) >= 11 is 0. The normalized spacial score (nSPS) is 10.4. The molecular formula is C14H18N3O+. The van der Waals surface area contributed by atoms with E-state index in [1.165, 1.54) is 5.56 Å². The number of carbonyl (C=O) groups is 1. The smallest absolute Gasteiger partial charge is 0.303 e. The number of hydrogen-bond acceptors (Lipinski definition) is 1. The van der Waals surface area contributed by atoms with Crippen molar-refractivity contribution in [2.45, 2.75) is 13.5 Å². The molecule has 0 unspecified atom stereocenters. The highest BCUT2D eigenvalue weighted by molar-refractivity contribution is 5.76. The molecule has 4 heteroatoms. The summed E-state index contributed by atoms with van der Waals surface area (Å²) in [6, 6.07) is 8.17. The number of nitrogens with zero attached hydrogens (tertiary/aromatic N) is 3. The molecule has 0 radical (unpaired) electrons. The summed E-state index contributed by atoms with van der Waals surface area (Å²) in [5, 5.41) is 0. The summed E-state index contributed by atoms with van der Waals surface area (Å²) < 4.78 is 3.42. The lowest BCUT2D eigenvalue weighted by atomic mass is 10.1. The van der Waals surface area contributed by atoms with Crippen molar-refractivity contribution < 1.29 is 9.36 Å². The fraction of sp³-hybridized carbons (Fsp3) is 0.286. The van der Waals surface area contributed by atoms with Gasteiger partial charge in [-0.15, -0.1) is 0 Å². The molecule has 0 bridgehead atoms. The Hall–Kier alpha value is -2.10. The van der Waals surface area contributed by atoms with Crippen LogP contribution in [0, 0.1) is 6.92 Å².